The molecule has 98 valence electrons. The van der Waals surface area contributed by atoms with Gasteiger partial charge >= 0.3 is 0 Å². The summed E-state index contributed by atoms with van der Waals surface area (Å²) < 4.78 is 13.2. The maximum absolute atomic E-state index is 13.2. The van der Waals surface area contributed by atoms with Crippen molar-refractivity contribution in [2.24, 2.45) is 15.9 Å². The highest BCUT2D eigenvalue weighted by atomic mass is 19.1. The summed E-state index contributed by atoms with van der Waals surface area (Å²) in [5.41, 5.74) is 1.25. The van der Waals surface area contributed by atoms with Gasteiger partial charge in [0.25, 0.3) is 0 Å². The first-order valence-corrected chi connectivity index (χ1v) is 5.84. The first-order valence-electron chi connectivity index (χ1n) is 5.84. The summed E-state index contributed by atoms with van der Waals surface area (Å²) in [5, 5.41) is 4.93. The van der Waals surface area contributed by atoms with Gasteiger partial charge in [-0.05, 0) is 18.2 Å². The zero-order chi connectivity index (χ0) is 14.2. The zero-order valence-corrected chi connectivity index (χ0v) is 10.6. The lowest BCUT2D eigenvalue weighted by Gasteiger charge is -2.17. The Balaban J connectivity index is 0.000000637. The Kier molecular flexibility index (Phi) is 3.26. The summed E-state index contributed by atoms with van der Waals surface area (Å²) in [4.78, 5) is 15.9. The lowest BCUT2D eigenvalue weighted by molar-refractivity contribution is 0.106. The van der Waals surface area contributed by atoms with Crippen molar-refractivity contribution >= 4 is 17.2 Å². The molecule has 0 aromatic heterocycles. The maximum atomic E-state index is 13.2. The van der Waals surface area contributed by atoms with Gasteiger partial charge in [0.1, 0.15) is 17.2 Å². The van der Waals surface area contributed by atoms with Crippen LogP contribution in [-0.4, -0.2) is 22.3 Å². The quantitative estimate of drug-likeness (QED) is 0.724. The Hall–Kier alpha value is -2.34. The van der Waals surface area contributed by atoms with E-state index in [9.17, 15) is 9.18 Å². The molecule has 1 aliphatic heterocycles. The average molecular weight is 260 g/mol. The molecule has 0 saturated carbocycles. The smallest absolute Gasteiger partial charge is 0.214 e. The number of hydrogen-bond acceptors (Lipinski definition) is 5. The predicted octanol–water partition coefficient (Wildman–Crippen LogP) is 1.85. The van der Waals surface area contributed by atoms with Crippen LogP contribution in [0.4, 0.5) is 4.39 Å². The minimum absolute atomic E-state index is 0.164. The minimum Gasteiger partial charge on any atom is -0.287 e. The third-order valence-electron chi connectivity index (χ3n) is 2.63. The second-order valence-corrected chi connectivity index (χ2v) is 3.69. The van der Waals surface area contributed by atoms with E-state index >= 15 is 0 Å². The van der Waals surface area contributed by atoms with Gasteiger partial charge in [-0.2, -0.15) is 10.2 Å². The fourth-order valence-electron chi connectivity index (χ4n) is 1.82. The molecule has 1 heterocycles. The van der Waals surface area contributed by atoms with Crippen molar-refractivity contribution in [3.63, 3.8) is 0 Å². The first kappa shape index (κ1) is 13.1. The molecule has 1 aliphatic carbocycles. The molecule has 19 heavy (non-hydrogen) atoms. The molecule has 1 aromatic carbocycles. The van der Waals surface area contributed by atoms with Crippen LogP contribution < -0.4 is 5.84 Å². The molecular formula is C13H13FN4O. The fourth-order valence-corrected chi connectivity index (χ4v) is 1.82. The van der Waals surface area contributed by atoms with E-state index in [1.807, 2.05) is 13.8 Å². The van der Waals surface area contributed by atoms with E-state index in [4.69, 9.17) is 5.84 Å². The number of nitrogens with zero attached hydrogens (tertiary/aromatic N) is 3. The topological polar surface area (TPSA) is 71.0 Å². The van der Waals surface area contributed by atoms with Gasteiger partial charge in [0, 0.05) is 11.1 Å². The summed E-state index contributed by atoms with van der Waals surface area (Å²) in [6, 6.07) is 3.89. The van der Waals surface area contributed by atoms with Crippen molar-refractivity contribution in [1.82, 2.24) is 5.12 Å². The number of Topliss-reactive ketones (excluding diaryl/α,β-unsaturated/α-hetero) is 1. The van der Waals surface area contributed by atoms with Gasteiger partial charge in [0.15, 0.2) is 5.82 Å². The molecule has 0 spiro atoms. The van der Waals surface area contributed by atoms with Gasteiger partial charge in [-0.3, -0.25) is 4.79 Å². The number of rotatable bonds is 0. The van der Waals surface area contributed by atoms with E-state index in [-0.39, 0.29) is 17.3 Å². The molecule has 2 aliphatic rings. The summed E-state index contributed by atoms with van der Waals surface area (Å²) in [7, 11) is 0. The normalized spacial score (nSPS) is 16.1. The molecule has 2 N–H and O–H groups in total. The standard InChI is InChI=1S/C11H7FN4O.C2H6/c1-5-14-10-9(15-16(5)13)8-4-6(12)2-3-7(8)11(10)17;1-2/h2-4H,1,13H2;1-2H3. The molecule has 0 radical (unpaired) electrons. The van der Waals surface area contributed by atoms with Crippen LogP contribution in [-0.2, 0) is 0 Å². The second kappa shape index (κ2) is 4.74. The molecule has 0 bridgehead atoms. The van der Waals surface area contributed by atoms with Gasteiger partial charge in [0.2, 0.25) is 5.78 Å². The third kappa shape index (κ3) is 1.96. The van der Waals surface area contributed by atoms with Crippen molar-refractivity contribution in [2.45, 2.75) is 13.8 Å². The Morgan fingerprint density at radius 1 is 1.26 bits per heavy atom. The van der Waals surface area contributed by atoms with Crippen LogP contribution in [0.3, 0.4) is 0 Å². The average Bonchev–Trinajstić information content (AvgIpc) is 2.66. The molecular weight excluding hydrogens is 247 g/mol. The highest BCUT2D eigenvalue weighted by Crippen LogP contribution is 2.25. The number of aliphatic imine (C=N–C) groups is 1. The lowest BCUT2D eigenvalue weighted by atomic mass is 10.1. The first-order chi connectivity index (χ1) is 9.08. The highest BCUT2D eigenvalue weighted by molar-refractivity contribution is 6.78. The number of hydrazine groups is 1. The number of halogens is 1. The van der Waals surface area contributed by atoms with Gasteiger partial charge < -0.3 is 0 Å². The van der Waals surface area contributed by atoms with Crippen LogP contribution >= 0.6 is 0 Å². The summed E-state index contributed by atoms with van der Waals surface area (Å²) in [6.07, 6.45) is 0. The van der Waals surface area contributed by atoms with Crippen molar-refractivity contribution in [3.05, 3.63) is 47.5 Å². The summed E-state index contributed by atoms with van der Waals surface area (Å²) in [6.45, 7) is 7.55. The van der Waals surface area contributed by atoms with Crippen molar-refractivity contribution in [3.8, 4) is 0 Å². The predicted molar refractivity (Wildman–Crippen MR) is 71.2 cm³/mol. The van der Waals surface area contributed by atoms with Crippen LogP contribution in [0.25, 0.3) is 0 Å². The Bertz CT molecular complexity index is 634. The van der Waals surface area contributed by atoms with Crippen LogP contribution in [0.15, 0.2) is 40.7 Å². The number of hydrazone groups is 1. The SMILES string of the molecule is C=C1N=C2C(=O)c3ccc(F)cc3C2=NN1N.CC. The van der Waals surface area contributed by atoms with E-state index in [1.165, 1.54) is 18.2 Å². The Morgan fingerprint density at radius 2 is 1.95 bits per heavy atom. The molecule has 0 fully saturated rings. The van der Waals surface area contributed by atoms with Crippen LogP contribution in [0, 0.1) is 5.82 Å². The number of carbonyl (C=O) groups is 1. The molecule has 3 rings (SSSR count). The zero-order valence-electron chi connectivity index (χ0n) is 10.6. The van der Waals surface area contributed by atoms with Crippen LogP contribution in [0.5, 0.6) is 0 Å². The summed E-state index contributed by atoms with van der Waals surface area (Å²) in [5.74, 6) is 4.96. The van der Waals surface area contributed by atoms with Gasteiger partial charge in [-0.1, -0.05) is 20.4 Å². The van der Waals surface area contributed by atoms with E-state index < -0.39 is 5.82 Å². The largest absolute Gasteiger partial charge is 0.287 e. The number of ketones is 1. The Morgan fingerprint density at radius 3 is 2.63 bits per heavy atom. The second-order valence-electron chi connectivity index (χ2n) is 3.69. The number of benzene rings is 1. The van der Waals surface area contributed by atoms with Crippen molar-refractivity contribution in [2.75, 3.05) is 0 Å². The van der Waals surface area contributed by atoms with Crippen molar-refractivity contribution in [1.29, 1.82) is 0 Å². The van der Waals surface area contributed by atoms with Crippen LogP contribution in [0.1, 0.15) is 29.8 Å². The molecule has 0 amide bonds. The number of nitrogens with two attached hydrogens (primary N) is 1. The monoisotopic (exact) mass is 260 g/mol. The van der Waals surface area contributed by atoms with E-state index in [2.05, 4.69) is 16.7 Å². The molecule has 5 nitrogen and oxygen atoms in total. The summed E-state index contributed by atoms with van der Waals surface area (Å²) >= 11 is 0. The number of carbonyl (C=O) groups excluding carboxylic acids is 1. The van der Waals surface area contributed by atoms with Gasteiger partial charge in [0.05, 0.1) is 0 Å². The minimum atomic E-state index is -0.437. The number of fused-ring (bicyclic) bond motifs is 3. The fraction of sp³-hybridized carbons (Fsp3) is 0.154. The molecule has 0 unspecified atom stereocenters. The molecule has 1 aromatic rings. The third-order valence-corrected chi connectivity index (χ3v) is 2.63. The van der Waals surface area contributed by atoms with Gasteiger partial charge in [-0.25, -0.2) is 15.2 Å². The highest BCUT2D eigenvalue weighted by Gasteiger charge is 2.36. The molecule has 0 saturated heterocycles. The Labute approximate surface area is 109 Å². The lowest BCUT2D eigenvalue weighted by Crippen LogP contribution is -2.32. The molecule has 6 heteroatoms. The molecule has 0 atom stereocenters. The van der Waals surface area contributed by atoms with Gasteiger partial charge in [-0.15, -0.1) is 0 Å². The van der Waals surface area contributed by atoms with E-state index in [1.54, 1.807) is 0 Å². The number of hydrogen-bond donors (Lipinski definition) is 1. The van der Waals surface area contributed by atoms with Crippen LogP contribution in [0.2, 0.25) is 0 Å². The van der Waals surface area contributed by atoms with E-state index in [0.717, 1.165) is 5.12 Å². The van der Waals surface area contributed by atoms with Crippen molar-refractivity contribution < 1.29 is 9.18 Å². The maximum Gasteiger partial charge on any atom is 0.214 e. The van der Waals surface area contributed by atoms with E-state index in [0.29, 0.717) is 16.8 Å².